The monoisotopic (exact) mass is 538 g/mol. The first kappa shape index (κ1) is 23.4. The molecule has 3 heterocycles. The van der Waals surface area contributed by atoms with Crippen molar-refractivity contribution >= 4 is 43.7 Å². The molecule has 42 heavy (non-hydrogen) atoms. The van der Waals surface area contributed by atoms with E-state index in [1.165, 1.54) is 33.2 Å². The van der Waals surface area contributed by atoms with Gasteiger partial charge in [-0.25, -0.2) is 4.98 Å². The Bertz CT molecular complexity index is 2380. The average molecular weight is 539 g/mol. The summed E-state index contributed by atoms with van der Waals surface area (Å²) in [4.78, 5) is 9.70. The van der Waals surface area contributed by atoms with Gasteiger partial charge in [0.15, 0.2) is 0 Å². The van der Waals surface area contributed by atoms with E-state index in [-0.39, 0.29) is 5.41 Å². The van der Waals surface area contributed by atoms with Crippen LogP contribution in [0.15, 0.2) is 126 Å². The molecule has 0 N–H and O–H groups in total. The Morgan fingerprint density at radius 2 is 1.36 bits per heavy atom. The molecule has 0 saturated heterocycles. The van der Waals surface area contributed by atoms with E-state index in [4.69, 9.17) is 9.40 Å². The maximum absolute atomic E-state index is 6.66. The van der Waals surface area contributed by atoms with Gasteiger partial charge in [0.05, 0.1) is 16.7 Å². The zero-order chi connectivity index (χ0) is 28.0. The highest BCUT2D eigenvalue weighted by molar-refractivity contribution is 6.18. The van der Waals surface area contributed by atoms with E-state index in [0.717, 1.165) is 55.2 Å². The number of rotatable bonds is 2. The van der Waals surface area contributed by atoms with Crippen molar-refractivity contribution in [3.8, 4) is 33.5 Å². The van der Waals surface area contributed by atoms with Crippen molar-refractivity contribution in [3.63, 3.8) is 0 Å². The van der Waals surface area contributed by atoms with Crippen LogP contribution in [0.4, 0.5) is 0 Å². The molecule has 3 aromatic heterocycles. The molecular weight excluding hydrogens is 512 g/mol. The van der Waals surface area contributed by atoms with E-state index in [2.05, 4.69) is 122 Å². The molecule has 1 aliphatic carbocycles. The molecule has 0 aliphatic heterocycles. The molecule has 3 nitrogen and oxygen atoms in total. The summed E-state index contributed by atoms with van der Waals surface area (Å²) in [7, 11) is 0. The van der Waals surface area contributed by atoms with Gasteiger partial charge in [-0.2, -0.15) is 0 Å². The van der Waals surface area contributed by atoms with Gasteiger partial charge >= 0.3 is 0 Å². The number of nitrogens with zero attached hydrogens (tertiary/aromatic N) is 2. The summed E-state index contributed by atoms with van der Waals surface area (Å²) in [6.07, 6.45) is 1.83. The van der Waals surface area contributed by atoms with Crippen LogP contribution in [0.2, 0.25) is 0 Å². The largest absolute Gasteiger partial charge is 0.455 e. The molecule has 9 rings (SSSR count). The maximum Gasteiger partial charge on any atom is 0.144 e. The molecular formula is C39H26N2O. The molecule has 198 valence electrons. The minimum Gasteiger partial charge on any atom is -0.455 e. The van der Waals surface area contributed by atoms with Crippen molar-refractivity contribution in [2.75, 3.05) is 0 Å². The van der Waals surface area contributed by atoms with Crippen molar-refractivity contribution < 1.29 is 4.42 Å². The van der Waals surface area contributed by atoms with Crippen LogP contribution in [0.3, 0.4) is 0 Å². The lowest BCUT2D eigenvalue weighted by atomic mass is 9.81. The average Bonchev–Trinajstić information content (AvgIpc) is 3.53. The molecule has 0 radical (unpaired) electrons. The van der Waals surface area contributed by atoms with Crippen molar-refractivity contribution in [3.05, 3.63) is 133 Å². The van der Waals surface area contributed by atoms with E-state index in [1.807, 2.05) is 18.3 Å². The van der Waals surface area contributed by atoms with E-state index in [9.17, 15) is 0 Å². The fraction of sp³-hybridized carbons (Fsp3) is 0.0769. The summed E-state index contributed by atoms with van der Waals surface area (Å²) in [5.74, 6) is 0. The number of hydrogen-bond donors (Lipinski definition) is 0. The molecule has 0 unspecified atom stereocenters. The van der Waals surface area contributed by atoms with Crippen molar-refractivity contribution in [1.82, 2.24) is 9.97 Å². The number of aromatic nitrogens is 2. The molecule has 3 heteroatoms. The van der Waals surface area contributed by atoms with Crippen molar-refractivity contribution in [1.29, 1.82) is 0 Å². The Labute approximate surface area is 243 Å². The van der Waals surface area contributed by atoms with E-state index >= 15 is 0 Å². The number of furan rings is 1. The molecule has 0 fully saturated rings. The number of pyridine rings is 2. The van der Waals surface area contributed by atoms with E-state index in [0.29, 0.717) is 0 Å². The van der Waals surface area contributed by atoms with Gasteiger partial charge in [-0.3, -0.25) is 4.98 Å². The van der Waals surface area contributed by atoms with Gasteiger partial charge in [-0.15, -0.1) is 0 Å². The zero-order valence-corrected chi connectivity index (χ0v) is 23.3. The molecule has 0 amide bonds. The van der Waals surface area contributed by atoms with E-state index in [1.54, 1.807) is 0 Å². The van der Waals surface area contributed by atoms with Crippen LogP contribution >= 0.6 is 0 Å². The molecule has 0 atom stereocenters. The second kappa shape index (κ2) is 8.37. The van der Waals surface area contributed by atoms with Gasteiger partial charge in [0.25, 0.3) is 0 Å². The quantitative estimate of drug-likeness (QED) is 0.206. The molecule has 0 bridgehead atoms. The highest BCUT2D eigenvalue weighted by Gasteiger charge is 2.38. The fourth-order valence-electron chi connectivity index (χ4n) is 6.98. The number of fused-ring (bicyclic) bond motifs is 10. The SMILES string of the molecule is CC1(C)c2ccccc2-c2c1cc(-c1ccc(-c3ccc4ccc5cccnc5c4n3)cc1)c1c2oc2ccccc21. The third-order valence-electron chi connectivity index (χ3n) is 9.12. The first-order valence-electron chi connectivity index (χ1n) is 14.4. The Morgan fingerprint density at radius 3 is 2.24 bits per heavy atom. The fourth-order valence-corrected chi connectivity index (χ4v) is 6.98. The predicted molar refractivity (Wildman–Crippen MR) is 173 cm³/mol. The summed E-state index contributed by atoms with van der Waals surface area (Å²) < 4.78 is 6.66. The second-order valence-corrected chi connectivity index (χ2v) is 11.8. The van der Waals surface area contributed by atoms with Crippen molar-refractivity contribution in [2.24, 2.45) is 0 Å². The van der Waals surface area contributed by atoms with Gasteiger partial charge in [-0.1, -0.05) is 105 Å². The Hall–Kier alpha value is -5.28. The smallest absolute Gasteiger partial charge is 0.144 e. The van der Waals surface area contributed by atoms with Gasteiger partial charge in [0.2, 0.25) is 0 Å². The standard InChI is InChI=1S/C39H26N2O/c1-39(2)30-11-5-3-9-27(30)35-31(39)22-29(34-28-10-4-6-12-33(28)42-38(34)35)23-13-15-24(16-14-23)32-20-19-26-18-17-25-8-7-21-40-36(25)37(26)41-32/h3-22H,1-2H3. The molecule has 0 spiro atoms. The summed E-state index contributed by atoms with van der Waals surface area (Å²) >= 11 is 0. The number of benzene rings is 5. The molecule has 5 aromatic carbocycles. The Balaban J connectivity index is 1.25. The van der Waals surface area contributed by atoms with Crippen LogP contribution in [-0.2, 0) is 5.41 Å². The van der Waals surface area contributed by atoms with Crippen LogP contribution in [0.25, 0.3) is 77.3 Å². The van der Waals surface area contributed by atoms with Crippen molar-refractivity contribution in [2.45, 2.75) is 19.3 Å². The second-order valence-electron chi connectivity index (χ2n) is 11.8. The lowest BCUT2D eigenvalue weighted by molar-refractivity contribution is 0.653. The van der Waals surface area contributed by atoms with Crippen LogP contribution < -0.4 is 0 Å². The first-order chi connectivity index (χ1) is 20.6. The highest BCUT2D eigenvalue weighted by atomic mass is 16.3. The lowest BCUT2D eigenvalue weighted by Crippen LogP contribution is -2.15. The Morgan fingerprint density at radius 1 is 0.619 bits per heavy atom. The normalized spacial score (nSPS) is 13.7. The molecule has 1 aliphatic rings. The summed E-state index contributed by atoms with van der Waals surface area (Å²) in [6, 6.07) is 40.9. The highest BCUT2D eigenvalue weighted by Crippen LogP contribution is 2.54. The zero-order valence-electron chi connectivity index (χ0n) is 23.3. The summed E-state index contributed by atoms with van der Waals surface area (Å²) in [5, 5.41) is 4.51. The van der Waals surface area contributed by atoms with Gasteiger partial charge < -0.3 is 4.42 Å². The predicted octanol–water partition coefficient (Wildman–Crippen LogP) is 10.3. The molecule has 0 saturated carbocycles. The van der Waals surface area contributed by atoms with Crippen LogP contribution in [0.1, 0.15) is 25.0 Å². The van der Waals surface area contributed by atoms with E-state index < -0.39 is 0 Å². The summed E-state index contributed by atoms with van der Waals surface area (Å²) in [6.45, 7) is 4.64. The summed E-state index contributed by atoms with van der Waals surface area (Å²) in [5.41, 5.74) is 13.2. The Kier molecular flexibility index (Phi) is 4.67. The molecule has 8 aromatic rings. The van der Waals surface area contributed by atoms with Gasteiger partial charge in [0.1, 0.15) is 11.2 Å². The van der Waals surface area contributed by atoms with Crippen LogP contribution in [0, 0.1) is 0 Å². The number of para-hydroxylation sites is 1. The van der Waals surface area contributed by atoms with Crippen LogP contribution in [-0.4, -0.2) is 9.97 Å². The van der Waals surface area contributed by atoms with Gasteiger partial charge in [-0.05, 0) is 52.1 Å². The third kappa shape index (κ3) is 3.16. The van der Waals surface area contributed by atoms with Crippen LogP contribution in [0.5, 0.6) is 0 Å². The third-order valence-corrected chi connectivity index (χ3v) is 9.12. The minimum absolute atomic E-state index is 0.125. The first-order valence-corrected chi connectivity index (χ1v) is 14.4. The minimum atomic E-state index is -0.125. The van der Waals surface area contributed by atoms with Gasteiger partial charge in [0, 0.05) is 44.3 Å². The topological polar surface area (TPSA) is 38.9 Å². The number of hydrogen-bond acceptors (Lipinski definition) is 3. The maximum atomic E-state index is 6.66. The lowest BCUT2D eigenvalue weighted by Gasteiger charge is -2.22.